The van der Waals surface area contributed by atoms with E-state index in [9.17, 15) is 4.79 Å². The first-order valence-electron chi connectivity index (χ1n) is 9.57. The molecular formula is C20H24N4O4. The van der Waals surface area contributed by atoms with Crippen LogP contribution in [0.1, 0.15) is 30.3 Å². The number of aromatic nitrogens is 2. The van der Waals surface area contributed by atoms with Crippen molar-refractivity contribution in [3.63, 3.8) is 0 Å². The van der Waals surface area contributed by atoms with Gasteiger partial charge in [-0.2, -0.15) is 0 Å². The van der Waals surface area contributed by atoms with Gasteiger partial charge in [0, 0.05) is 25.9 Å². The molecule has 2 aromatic rings. The third kappa shape index (κ3) is 3.93. The Hall–Kier alpha value is -2.71. The summed E-state index contributed by atoms with van der Waals surface area (Å²) in [5, 5.41) is 3.18. The number of ether oxygens (including phenoxy) is 3. The lowest BCUT2D eigenvalue weighted by molar-refractivity contribution is -0.181. The smallest absolute Gasteiger partial charge is 0.274 e. The molecule has 0 atom stereocenters. The highest BCUT2D eigenvalue weighted by atomic mass is 16.7. The Morgan fingerprint density at radius 1 is 1.18 bits per heavy atom. The number of para-hydroxylation sites is 2. The summed E-state index contributed by atoms with van der Waals surface area (Å²) in [6, 6.07) is 7.62. The number of rotatable bonds is 5. The van der Waals surface area contributed by atoms with Crippen LogP contribution in [0.25, 0.3) is 0 Å². The molecule has 2 aliphatic heterocycles. The van der Waals surface area contributed by atoms with Gasteiger partial charge in [-0.1, -0.05) is 12.1 Å². The van der Waals surface area contributed by atoms with Crippen LogP contribution in [0, 0.1) is 0 Å². The minimum Gasteiger partial charge on any atom is -0.492 e. The van der Waals surface area contributed by atoms with Gasteiger partial charge in [0.1, 0.15) is 17.3 Å². The van der Waals surface area contributed by atoms with Gasteiger partial charge in [-0.25, -0.2) is 9.97 Å². The lowest BCUT2D eigenvalue weighted by atomic mass is 10.0. The zero-order chi connectivity index (χ0) is 19.4. The molecule has 2 saturated heterocycles. The van der Waals surface area contributed by atoms with Crippen LogP contribution in [0.15, 0.2) is 36.7 Å². The second kappa shape index (κ2) is 8.12. The van der Waals surface area contributed by atoms with Crippen LogP contribution in [-0.2, 0) is 9.47 Å². The van der Waals surface area contributed by atoms with Gasteiger partial charge >= 0.3 is 0 Å². The van der Waals surface area contributed by atoms with E-state index in [4.69, 9.17) is 14.2 Å². The van der Waals surface area contributed by atoms with E-state index in [1.54, 1.807) is 11.1 Å². The Morgan fingerprint density at radius 2 is 1.93 bits per heavy atom. The lowest BCUT2D eigenvalue weighted by Crippen LogP contribution is -2.47. The van der Waals surface area contributed by atoms with Crippen LogP contribution < -0.4 is 10.1 Å². The van der Waals surface area contributed by atoms with E-state index in [1.165, 1.54) is 6.20 Å². The monoisotopic (exact) mass is 384 g/mol. The Labute approximate surface area is 163 Å². The topological polar surface area (TPSA) is 85.8 Å². The van der Waals surface area contributed by atoms with E-state index in [-0.39, 0.29) is 5.91 Å². The first kappa shape index (κ1) is 18.6. The van der Waals surface area contributed by atoms with Gasteiger partial charge in [0.05, 0.1) is 37.9 Å². The molecule has 2 fully saturated rings. The van der Waals surface area contributed by atoms with E-state index in [1.807, 2.05) is 31.2 Å². The molecule has 28 heavy (non-hydrogen) atoms. The summed E-state index contributed by atoms with van der Waals surface area (Å²) in [4.78, 5) is 23.1. The van der Waals surface area contributed by atoms with Gasteiger partial charge < -0.3 is 24.4 Å². The number of anilines is 2. The van der Waals surface area contributed by atoms with Crippen molar-refractivity contribution in [2.75, 3.05) is 38.2 Å². The second-order valence-corrected chi connectivity index (χ2v) is 6.74. The van der Waals surface area contributed by atoms with Crippen molar-refractivity contribution < 1.29 is 19.0 Å². The van der Waals surface area contributed by atoms with Crippen LogP contribution in [-0.4, -0.2) is 59.5 Å². The first-order chi connectivity index (χ1) is 13.7. The fraction of sp³-hybridized carbons (Fsp3) is 0.450. The lowest BCUT2D eigenvalue weighted by Gasteiger charge is -2.37. The van der Waals surface area contributed by atoms with E-state index >= 15 is 0 Å². The molecule has 2 aliphatic rings. The van der Waals surface area contributed by atoms with Crippen LogP contribution in [0.5, 0.6) is 5.75 Å². The summed E-state index contributed by atoms with van der Waals surface area (Å²) in [7, 11) is 0. The number of hydrogen-bond donors (Lipinski definition) is 1. The van der Waals surface area contributed by atoms with Crippen LogP contribution in [0.3, 0.4) is 0 Å². The highest BCUT2D eigenvalue weighted by Crippen LogP contribution is 2.31. The van der Waals surface area contributed by atoms with Gasteiger partial charge in [0.2, 0.25) is 0 Å². The maximum Gasteiger partial charge on any atom is 0.274 e. The number of hydrogen-bond acceptors (Lipinski definition) is 7. The molecule has 1 aromatic carbocycles. The number of nitrogens with one attached hydrogen (secondary N) is 1. The number of carbonyl (C=O) groups is 1. The average Bonchev–Trinajstić information content (AvgIpc) is 3.18. The van der Waals surface area contributed by atoms with Crippen LogP contribution in [0.4, 0.5) is 11.5 Å². The number of likely N-dealkylation sites (tertiary alicyclic amines) is 1. The van der Waals surface area contributed by atoms with Crippen molar-refractivity contribution >= 4 is 17.4 Å². The molecule has 4 rings (SSSR count). The van der Waals surface area contributed by atoms with E-state index in [0.29, 0.717) is 57.3 Å². The predicted molar refractivity (Wildman–Crippen MR) is 103 cm³/mol. The summed E-state index contributed by atoms with van der Waals surface area (Å²) >= 11 is 0. The normalized spacial score (nSPS) is 18.2. The zero-order valence-corrected chi connectivity index (χ0v) is 15.9. The Balaban J connectivity index is 1.39. The van der Waals surface area contributed by atoms with Crippen molar-refractivity contribution in [3.05, 3.63) is 42.4 Å². The third-order valence-corrected chi connectivity index (χ3v) is 4.95. The Bertz CT molecular complexity index is 811. The van der Waals surface area contributed by atoms with Gasteiger partial charge in [0.15, 0.2) is 5.79 Å². The minimum absolute atomic E-state index is 0.124. The molecule has 0 radical (unpaired) electrons. The standard InChI is InChI=1S/C20H24N4O4/c1-2-26-17-6-4-3-5-15(17)23-18-14-21-16(13-22-18)19(25)24-9-7-20(8-10-24)27-11-12-28-20/h3-6,13-14H,2,7-12H2,1H3,(H,22,23). The third-order valence-electron chi connectivity index (χ3n) is 4.95. The maximum absolute atomic E-state index is 12.7. The first-order valence-corrected chi connectivity index (χ1v) is 9.57. The molecule has 0 bridgehead atoms. The summed E-state index contributed by atoms with van der Waals surface area (Å²) in [6.45, 7) is 4.93. The molecule has 8 nitrogen and oxygen atoms in total. The summed E-state index contributed by atoms with van der Waals surface area (Å²) in [5.74, 6) is 0.672. The maximum atomic E-state index is 12.7. The highest BCUT2D eigenvalue weighted by Gasteiger charge is 2.41. The van der Waals surface area contributed by atoms with Gasteiger partial charge in [-0.15, -0.1) is 0 Å². The van der Waals surface area contributed by atoms with Crippen LogP contribution in [0.2, 0.25) is 0 Å². The van der Waals surface area contributed by atoms with E-state index in [2.05, 4.69) is 15.3 Å². The number of carbonyl (C=O) groups excluding carboxylic acids is 1. The quantitative estimate of drug-likeness (QED) is 0.848. The van der Waals surface area contributed by atoms with Crippen molar-refractivity contribution in [1.82, 2.24) is 14.9 Å². The van der Waals surface area contributed by atoms with Gasteiger partial charge in [0.25, 0.3) is 5.91 Å². The molecule has 1 amide bonds. The second-order valence-electron chi connectivity index (χ2n) is 6.74. The summed E-state index contributed by atoms with van der Waals surface area (Å²) in [5.41, 5.74) is 1.13. The van der Waals surface area contributed by atoms with E-state index < -0.39 is 5.79 Å². The Morgan fingerprint density at radius 3 is 2.61 bits per heavy atom. The molecule has 148 valence electrons. The van der Waals surface area contributed by atoms with Crippen molar-refractivity contribution in [2.24, 2.45) is 0 Å². The fourth-order valence-electron chi connectivity index (χ4n) is 3.49. The molecule has 0 aliphatic carbocycles. The molecule has 0 saturated carbocycles. The van der Waals surface area contributed by atoms with Crippen molar-refractivity contribution in [2.45, 2.75) is 25.6 Å². The molecular weight excluding hydrogens is 360 g/mol. The number of amides is 1. The molecule has 1 spiro atoms. The van der Waals surface area contributed by atoms with Crippen LogP contribution >= 0.6 is 0 Å². The number of benzene rings is 1. The predicted octanol–water partition coefficient (Wildman–Crippen LogP) is 2.60. The molecule has 3 heterocycles. The van der Waals surface area contributed by atoms with E-state index in [0.717, 1.165) is 11.4 Å². The zero-order valence-electron chi connectivity index (χ0n) is 15.9. The largest absolute Gasteiger partial charge is 0.492 e. The fourth-order valence-corrected chi connectivity index (χ4v) is 3.49. The van der Waals surface area contributed by atoms with Crippen molar-refractivity contribution in [1.29, 1.82) is 0 Å². The minimum atomic E-state index is -0.496. The summed E-state index contributed by atoms with van der Waals surface area (Å²) in [6.07, 6.45) is 4.42. The number of nitrogens with zero attached hydrogens (tertiary/aromatic N) is 3. The summed E-state index contributed by atoms with van der Waals surface area (Å²) < 4.78 is 17.0. The molecule has 8 heteroatoms. The van der Waals surface area contributed by atoms with Gasteiger partial charge in [-0.3, -0.25) is 4.79 Å². The number of piperidine rings is 1. The molecule has 0 unspecified atom stereocenters. The SMILES string of the molecule is CCOc1ccccc1Nc1cnc(C(=O)N2CCC3(CC2)OCCO3)cn1. The average molecular weight is 384 g/mol. The Kier molecular flexibility index (Phi) is 5.40. The molecule has 1 aromatic heterocycles. The van der Waals surface area contributed by atoms with Gasteiger partial charge in [-0.05, 0) is 19.1 Å². The molecule has 1 N–H and O–H groups in total. The highest BCUT2D eigenvalue weighted by molar-refractivity contribution is 5.92. The van der Waals surface area contributed by atoms with Crippen molar-refractivity contribution in [3.8, 4) is 5.75 Å².